The molecule has 0 N–H and O–H groups in total. The first kappa shape index (κ1) is 60.3. The Morgan fingerprint density at radius 2 is 0.724 bits per heavy atom. The van der Waals surface area contributed by atoms with Crippen LogP contribution in [0.1, 0.15) is 108 Å². The summed E-state index contributed by atoms with van der Waals surface area (Å²) < 4.78 is 147. The van der Waals surface area contributed by atoms with Crippen LogP contribution >= 0.6 is 0 Å². The Kier molecular flexibility index (Phi) is 14.0. The quantitative estimate of drug-likeness (QED) is 0.121. The molecule has 0 aliphatic carbocycles. The van der Waals surface area contributed by atoms with Crippen LogP contribution in [0.15, 0.2) is 370 Å². The molecule has 0 amide bonds. The average molecular weight is 1590 g/mol. The van der Waals surface area contributed by atoms with Gasteiger partial charge in [-0.25, -0.2) is 0 Å². The molecule has 0 saturated heterocycles. The van der Waals surface area contributed by atoms with Gasteiger partial charge >= 0.3 is 0 Å². The van der Waals surface area contributed by atoms with E-state index in [1.54, 1.807) is 9.13 Å². The summed E-state index contributed by atoms with van der Waals surface area (Å²) in [5.74, 6) is 1.40. The molecule has 123 heavy (non-hydrogen) atoms. The van der Waals surface area contributed by atoms with Crippen molar-refractivity contribution in [3.8, 4) is 113 Å². The molecule has 19 aromatic rings. The van der Waals surface area contributed by atoms with E-state index < -0.39 is 119 Å². The van der Waals surface area contributed by atoms with Gasteiger partial charge in [-0.15, -0.1) is 0 Å². The third kappa shape index (κ3) is 12.1. The maximum absolute atomic E-state index is 10.9. The first-order valence-electron chi connectivity index (χ1n) is 48.4. The molecule has 584 valence electrons. The fourth-order valence-corrected chi connectivity index (χ4v) is 18.9. The highest BCUT2D eigenvalue weighted by Gasteiger charge is 2.47. The summed E-state index contributed by atoms with van der Waals surface area (Å²) in [5, 5.41) is 21.3. The zero-order valence-corrected chi connectivity index (χ0v) is 68.8. The van der Waals surface area contributed by atoms with Gasteiger partial charge in [0.2, 0.25) is 0 Å². The first-order chi connectivity index (χ1) is 65.8. The van der Waals surface area contributed by atoms with Gasteiger partial charge in [-0.1, -0.05) is 286 Å². The standard InChI is InChI=1S/C115H85BN6O/c1-113(2,3)84-64-90(76-33-17-11-18-34-76)111(92(66-84)81-39-27-37-78(59-81)74-29-13-9-14-30-74)121-104-68-86(119-100-44-24-21-41-88(100)94-57-72(70-117)47-54-102(94)119)50-52-98(104)116-99-53-51-87(120-101-45-25-22-42-89(101)95-58-73(71-118)48-55-103(95)120)69-105(99)122(107-63-83(62-106(121)110(107)116)80-49-56-109-97(61-80)115(7,8)96-43-23-26-46-108(96)123-109)112-91(77-35-19-12-20-36-77)65-85(114(4,5)6)67-93(112)82-40-28-38-79(60-82)75-31-15-10-16-32-75/h9-69H,1-8H3/i21D,22D,24D,25D,41D,42D,44D,45D,47D,48D,54D,55D,57D,58D. The van der Waals surface area contributed by atoms with Crippen LogP contribution in [0.3, 0.4) is 0 Å². The monoisotopic (exact) mass is 1590 g/mol. The average Bonchev–Trinajstić information content (AvgIpc) is 0.873. The van der Waals surface area contributed by atoms with Gasteiger partial charge < -0.3 is 23.7 Å². The van der Waals surface area contributed by atoms with E-state index in [2.05, 4.69) is 217 Å². The van der Waals surface area contributed by atoms with E-state index in [1.165, 1.54) is 0 Å². The smallest absolute Gasteiger partial charge is 0.252 e. The van der Waals surface area contributed by atoms with Gasteiger partial charge in [0.25, 0.3) is 6.71 Å². The van der Waals surface area contributed by atoms with E-state index in [0.29, 0.717) is 50.8 Å². The lowest BCUT2D eigenvalue weighted by Crippen LogP contribution is -2.61. The van der Waals surface area contributed by atoms with E-state index in [1.807, 2.05) is 146 Å². The maximum Gasteiger partial charge on any atom is 0.252 e. The number of nitrogens with zero attached hydrogens (tertiary/aromatic N) is 6. The van der Waals surface area contributed by atoms with Gasteiger partial charge in [-0.05, 0) is 233 Å². The van der Waals surface area contributed by atoms with Crippen molar-refractivity contribution >= 4 is 101 Å². The number of para-hydroxylation sites is 3. The van der Waals surface area contributed by atoms with Crippen LogP contribution in [0.2, 0.25) is 0 Å². The molecule has 0 fully saturated rings. The molecule has 0 saturated carbocycles. The highest BCUT2D eigenvalue weighted by molar-refractivity contribution is 7.00. The molecule has 0 atom stereocenters. The molecular weight excluding hydrogens is 1490 g/mol. The van der Waals surface area contributed by atoms with Crippen molar-refractivity contribution in [3.05, 3.63) is 403 Å². The lowest BCUT2D eigenvalue weighted by Gasteiger charge is -2.46. The number of hydrogen-bond acceptors (Lipinski definition) is 5. The summed E-state index contributed by atoms with van der Waals surface area (Å²) in [6.45, 7) is 16.8. The lowest BCUT2D eigenvalue weighted by atomic mass is 9.33. The zero-order valence-electron chi connectivity index (χ0n) is 82.8. The molecule has 22 rings (SSSR count). The molecule has 7 nitrogen and oxygen atoms in total. The molecule has 5 heterocycles. The van der Waals surface area contributed by atoms with Gasteiger partial charge in [0.1, 0.15) is 11.5 Å². The highest BCUT2D eigenvalue weighted by atomic mass is 16.5. The van der Waals surface area contributed by atoms with E-state index in [9.17, 15) is 29.7 Å². The molecule has 8 heteroatoms. The third-order valence-corrected chi connectivity index (χ3v) is 25.0. The summed E-state index contributed by atoms with van der Waals surface area (Å²) in [4.78, 5) is 4.69. The van der Waals surface area contributed by atoms with Crippen molar-refractivity contribution in [1.29, 1.82) is 10.5 Å². The van der Waals surface area contributed by atoms with Crippen LogP contribution in [0.4, 0.5) is 34.1 Å². The Morgan fingerprint density at radius 1 is 0.333 bits per heavy atom. The minimum atomic E-state index is -0.889. The molecule has 3 aliphatic heterocycles. The second kappa shape index (κ2) is 28.5. The number of benzene rings is 17. The minimum Gasteiger partial charge on any atom is -0.457 e. The van der Waals surface area contributed by atoms with E-state index in [4.69, 9.17) is 4.74 Å². The predicted molar refractivity (Wildman–Crippen MR) is 513 cm³/mol. The molecule has 17 aromatic carbocycles. The molecular formula is C115H85BN6O. The fraction of sp³-hybridized carbons (Fsp3) is 0.0957. The summed E-state index contributed by atoms with van der Waals surface area (Å²) in [5.41, 5.74) is 19.5. The van der Waals surface area contributed by atoms with E-state index in [-0.39, 0.29) is 55.0 Å². The van der Waals surface area contributed by atoms with Crippen molar-refractivity contribution in [3.63, 3.8) is 0 Å². The van der Waals surface area contributed by atoms with Gasteiger partial charge in [0.05, 0.1) is 75.9 Å². The second-order valence-electron chi connectivity index (χ2n) is 34.7. The minimum absolute atomic E-state index is 0.0951. The number of rotatable bonds is 11. The Labute approximate surface area is 737 Å². The summed E-state index contributed by atoms with van der Waals surface area (Å²) >= 11 is 0. The summed E-state index contributed by atoms with van der Waals surface area (Å²) in [7, 11) is 0. The van der Waals surface area contributed by atoms with Crippen molar-refractivity contribution in [2.75, 3.05) is 9.80 Å². The SMILES string of the molecule is [2H]c1c([2H])c([2H])c2c(c1[2H])c1c([2H])c(C#N)c([2H])c([2H])c1n2-c1ccc2c(c1)N(c1c(-c3ccccc3)cc(C(C)(C)C)cc1-c1cccc(-c3ccccc3)c1)c1cc(-c3ccc4c(c3)C(C)(C)c3ccccc3O4)cc3c1B2c1ccc(-n2c4c([2H])c([2H])c([2H])c([2H])c4c4c([2H])c(C#N)c([2H])c([2H])c42)cc1N3c1c(-c2ccccc2)cc(C(C)(C)C)cc1-c1cccc(-c2ccccc2)c1. The number of anilines is 6. The van der Waals surface area contributed by atoms with Crippen molar-refractivity contribution in [2.45, 2.75) is 71.6 Å². The molecule has 0 unspecified atom stereocenters. The van der Waals surface area contributed by atoms with Crippen LogP contribution in [0.5, 0.6) is 11.5 Å². The highest BCUT2D eigenvalue weighted by Crippen LogP contribution is 2.58. The number of fused-ring (bicyclic) bond motifs is 12. The largest absolute Gasteiger partial charge is 0.457 e. The van der Waals surface area contributed by atoms with Crippen LogP contribution in [0.25, 0.3) is 133 Å². The Hall–Kier alpha value is -15.2. The van der Waals surface area contributed by atoms with Gasteiger partial charge in [-0.3, -0.25) is 0 Å². The van der Waals surface area contributed by atoms with Crippen molar-refractivity contribution in [2.24, 2.45) is 0 Å². The van der Waals surface area contributed by atoms with E-state index >= 15 is 0 Å². The Morgan fingerprint density at radius 3 is 1.18 bits per heavy atom. The van der Waals surface area contributed by atoms with Gasteiger partial charge in [0.15, 0.2) is 0 Å². The van der Waals surface area contributed by atoms with Crippen LogP contribution in [0, 0.1) is 22.7 Å². The molecule has 0 spiro atoms. The first-order valence-corrected chi connectivity index (χ1v) is 41.4. The molecule has 0 radical (unpaired) electrons. The van der Waals surface area contributed by atoms with Crippen molar-refractivity contribution < 1.29 is 23.9 Å². The topological polar surface area (TPSA) is 73.1 Å². The maximum atomic E-state index is 10.9. The normalized spacial score (nSPS) is 14.7. The fourth-order valence-electron chi connectivity index (χ4n) is 18.9. The lowest BCUT2D eigenvalue weighted by molar-refractivity contribution is 0.418. The van der Waals surface area contributed by atoms with Gasteiger partial charge in [-0.2, -0.15) is 10.5 Å². The van der Waals surface area contributed by atoms with E-state index in [0.717, 1.165) is 111 Å². The second-order valence-corrected chi connectivity index (χ2v) is 34.7. The van der Waals surface area contributed by atoms with Crippen LogP contribution < -0.4 is 30.9 Å². The zero-order chi connectivity index (χ0) is 95.5. The number of ether oxygens (including phenoxy) is 1. The number of nitriles is 2. The number of hydrogen-bond donors (Lipinski definition) is 0. The number of aromatic nitrogens is 2. The Bertz CT molecular complexity index is 8150. The van der Waals surface area contributed by atoms with Crippen LogP contribution in [-0.2, 0) is 16.2 Å². The predicted octanol–water partition coefficient (Wildman–Crippen LogP) is 28.4. The molecule has 2 aromatic heterocycles. The molecule has 0 bridgehead atoms. The summed E-state index contributed by atoms with van der Waals surface area (Å²) in [6.07, 6.45) is 0. The molecule has 3 aliphatic rings. The van der Waals surface area contributed by atoms with Crippen molar-refractivity contribution in [1.82, 2.24) is 9.13 Å². The van der Waals surface area contributed by atoms with Gasteiger partial charge in [0, 0.05) is 94.5 Å². The van der Waals surface area contributed by atoms with Crippen LogP contribution in [-0.4, -0.2) is 15.8 Å². The summed E-state index contributed by atoms with van der Waals surface area (Å²) in [6, 6.07) is 94.6. The Balaban J connectivity index is 0.978. The third-order valence-electron chi connectivity index (χ3n) is 25.0.